The first kappa shape index (κ1) is 8.07. The first-order valence-electron chi connectivity index (χ1n) is 3.01. The van der Waals surface area contributed by atoms with E-state index in [2.05, 4.69) is 17.6 Å². The van der Waals surface area contributed by atoms with E-state index in [0.29, 0.717) is 10.6 Å². The molecule has 0 saturated carbocycles. The van der Waals surface area contributed by atoms with Gasteiger partial charge in [0.15, 0.2) is 0 Å². The molecule has 58 valence electrons. The summed E-state index contributed by atoms with van der Waals surface area (Å²) in [4.78, 5) is 14.9. The molecule has 1 aromatic rings. The molecule has 1 rings (SSSR count). The number of aromatic carboxylic acids is 1. The second kappa shape index (κ2) is 2.92. The molecule has 4 heteroatoms. The number of aromatic nitrogens is 1. The highest BCUT2D eigenvalue weighted by atomic mass is 32.1. The van der Waals surface area contributed by atoms with Crippen molar-refractivity contribution in [1.29, 1.82) is 0 Å². The predicted octanol–water partition coefficient (Wildman–Crippen LogP) is 1.38. The zero-order valence-electron chi connectivity index (χ0n) is 5.90. The molecular formula is C7H7NO2S. The standard InChI is InChI=1S/C7H7NO2S/c1-4-6(11)3-2-5(8-4)7(9)10/h2-3,11H,1H3,(H,9,10). The minimum Gasteiger partial charge on any atom is -0.477 e. The van der Waals surface area contributed by atoms with E-state index in [1.165, 1.54) is 6.07 Å². The van der Waals surface area contributed by atoms with Crippen molar-refractivity contribution in [3.8, 4) is 0 Å². The Morgan fingerprint density at radius 1 is 1.64 bits per heavy atom. The molecule has 0 aliphatic heterocycles. The number of carboxylic acid groups (broad SMARTS) is 1. The number of nitrogens with zero attached hydrogens (tertiary/aromatic N) is 1. The molecule has 0 bridgehead atoms. The van der Waals surface area contributed by atoms with Crippen LogP contribution in [0.5, 0.6) is 0 Å². The summed E-state index contributed by atoms with van der Waals surface area (Å²) in [6.07, 6.45) is 0. The van der Waals surface area contributed by atoms with Crippen molar-refractivity contribution in [2.24, 2.45) is 0 Å². The fourth-order valence-corrected chi connectivity index (χ4v) is 0.797. The Hall–Kier alpha value is -1.03. The first-order chi connectivity index (χ1) is 5.11. The third kappa shape index (κ3) is 1.71. The van der Waals surface area contributed by atoms with E-state index in [0.717, 1.165) is 0 Å². The molecule has 1 heterocycles. The zero-order valence-corrected chi connectivity index (χ0v) is 6.80. The van der Waals surface area contributed by atoms with Gasteiger partial charge >= 0.3 is 5.97 Å². The number of hydrogen-bond donors (Lipinski definition) is 2. The number of carbonyl (C=O) groups is 1. The van der Waals surface area contributed by atoms with Gasteiger partial charge in [0.05, 0.1) is 5.69 Å². The number of aryl methyl sites for hydroxylation is 1. The Morgan fingerprint density at radius 3 is 2.73 bits per heavy atom. The fourth-order valence-electron chi connectivity index (χ4n) is 0.673. The fraction of sp³-hybridized carbons (Fsp3) is 0.143. The second-order valence-corrected chi connectivity index (χ2v) is 2.59. The van der Waals surface area contributed by atoms with E-state index >= 15 is 0 Å². The maximum absolute atomic E-state index is 10.4. The van der Waals surface area contributed by atoms with Crippen molar-refractivity contribution in [1.82, 2.24) is 4.98 Å². The van der Waals surface area contributed by atoms with Gasteiger partial charge in [0.1, 0.15) is 5.69 Å². The van der Waals surface area contributed by atoms with Gasteiger partial charge in [-0.05, 0) is 19.1 Å². The van der Waals surface area contributed by atoms with Crippen LogP contribution in [0.3, 0.4) is 0 Å². The van der Waals surface area contributed by atoms with Crippen molar-refractivity contribution in [2.45, 2.75) is 11.8 Å². The summed E-state index contributed by atoms with van der Waals surface area (Å²) in [6, 6.07) is 3.05. The van der Waals surface area contributed by atoms with Gasteiger partial charge in [-0.1, -0.05) is 0 Å². The first-order valence-corrected chi connectivity index (χ1v) is 3.46. The van der Waals surface area contributed by atoms with Crippen LogP contribution in [-0.2, 0) is 0 Å². The number of thiol groups is 1. The second-order valence-electron chi connectivity index (χ2n) is 2.11. The zero-order chi connectivity index (χ0) is 8.43. The van der Waals surface area contributed by atoms with Crippen LogP contribution in [0.4, 0.5) is 0 Å². The molecular weight excluding hydrogens is 162 g/mol. The molecule has 0 fully saturated rings. The maximum atomic E-state index is 10.4. The third-order valence-electron chi connectivity index (χ3n) is 1.28. The van der Waals surface area contributed by atoms with E-state index < -0.39 is 5.97 Å². The van der Waals surface area contributed by atoms with E-state index in [1.807, 2.05) is 0 Å². The molecule has 11 heavy (non-hydrogen) atoms. The van der Waals surface area contributed by atoms with Crippen molar-refractivity contribution in [3.05, 3.63) is 23.5 Å². The maximum Gasteiger partial charge on any atom is 0.354 e. The van der Waals surface area contributed by atoms with E-state index in [1.54, 1.807) is 13.0 Å². The Morgan fingerprint density at radius 2 is 2.27 bits per heavy atom. The van der Waals surface area contributed by atoms with Crippen molar-refractivity contribution >= 4 is 18.6 Å². The van der Waals surface area contributed by atoms with Gasteiger partial charge in [0, 0.05) is 4.90 Å². The van der Waals surface area contributed by atoms with E-state index in [9.17, 15) is 4.79 Å². The molecule has 1 N–H and O–H groups in total. The summed E-state index contributed by atoms with van der Waals surface area (Å²) in [5.74, 6) is -1.01. The van der Waals surface area contributed by atoms with Crippen LogP contribution < -0.4 is 0 Å². The summed E-state index contributed by atoms with van der Waals surface area (Å²) in [5, 5.41) is 8.51. The summed E-state index contributed by atoms with van der Waals surface area (Å²) < 4.78 is 0. The van der Waals surface area contributed by atoms with Crippen LogP contribution >= 0.6 is 12.6 Å². The molecule has 0 aliphatic carbocycles. The summed E-state index contributed by atoms with van der Waals surface area (Å²) in [6.45, 7) is 1.72. The highest BCUT2D eigenvalue weighted by Gasteiger charge is 2.04. The molecule has 0 radical (unpaired) electrons. The lowest BCUT2D eigenvalue weighted by Crippen LogP contribution is -2.01. The predicted molar refractivity (Wildman–Crippen MR) is 43.2 cm³/mol. The molecule has 0 amide bonds. The van der Waals surface area contributed by atoms with Crippen LogP contribution in [-0.4, -0.2) is 16.1 Å². The number of rotatable bonds is 1. The van der Waals surface area contributed by atoms with Crippen LogP contribution in [0.25, 0.3) is 0 Å². The molecule has 0 aromatic carbocycles. The Bertz CT molecular complexity index is 298. The van der Waals surface area contributed by atoms with Gasteiger partial charge in [0.2, 0.25) is 0 Å². The third-order valence-corrected chi connectivity index (χ3v) is 1.75. The Balaban J connectivity index is 3.15. The quantitative estimate of drug-likeness (QED) is 0.624. The highest BCUT2D eigenvalue weighted by Crippen LogP contribution is 2.10. The SMILES string of the molecule is Cc1nc(C(=O)O)ccc1S. The summed E-state index contributed by atoms with van der Waals surface area (Å²) in [7, 11) is 0. The van der Waals surface area contributed by atoms with Crippen molar-refractivity contribution < 1.29 is 9.90 Å². The minimum absolute atomic E-state index is 0.0558. The van der Waals surface area contributed by atoms with Gasteiger partial charge in [-0.15, -0.1) is 12.6 Å². The monoisotopic (exact) mass is 169 g/mol. The largest absolute Gasteiger partial charge is 0.477 e. The van der Waals surface area contributed by atoms with Crippen LogP contribution in [0.2, 0.25) is 0 Å². The van der Waals surface area contributed by atoms with E-state index in [4.69, 9.17) is 5.11 Å². The van der Waals surface area contributed by atoms with Gasteiger partial charge in [0.25, 0.3) is 0 Å². The smallest absolute Gasteiger partial charge is 0.354 e. The van der Waals surface area contributed by atoms with Gasteiger partial charge < -0.3 is 5.11 Å². The number of pyridine rings is 1. The normalized spacial score (nSPS) is 9.64. The number of hydrogen-bond acceptors (Lipinski definition) is 3. The molecule has 1 aromatic heterocycles. The lowest BCUT2D eigenvalue weighted by atomic mass is 10.3. The summed E-state index contributed by atoms with van der Waals surface area (Å²) in [5.41, 5.74) is 0.688. The van der Waals surface area contributed by atoms with E-state index in [-0.39, 0.29) is 5.69 Å². The van der Waals surface area contributed by atoms with Crippen LogP contribution in [0, 0.1) is 6.92 Å². The minimum atomic E-state index is -1.01. The van der Waals surface area contributed by atoms with Crippen molar-refractivity contribution in [2.75, 3.05) is 0 Å². The van der Waals surface area contributed by atoms with Crippen LogP contribution in [0.1, 0.15) is 16.2 Å². The Labute approximate surface area is 69.5 Å². The highest BCUT2D eigenvalue weighted by molar-refractivity contribution is 7.80. The molecule has 0 atom stereocenters. The number of carboxylic acids is 1. The lowest BCUT2D eigenvalue weighted by Gasteiger charge is -1.97. The van der Waals surface area contributed by atoms with Gasteiger partial charge in [-0.2, -0.15) is 0 Å². The summed E-state index contributed by atoms with van der Waals surface area (Å²) >= 11 is 4.06. The van der Waals surface area contributed by atoms with Crippen molar-refractivity contribution in [3.63, 3.8) is 0 Å². The average molecular weight is 169 g/mol. The average Bonchev–Trinajstić information content (AvgIpc) is 1.94. The molecule has 0 saturated heterocycles. The molecule has 0 unspecified atom stereocenters. The lowest BCUT2D eigenvalue weighted by molar-refractivity contribution is 0.0690. The van der Waals surface area contributed by atoms with Crippen LogP contribution in [0.15, 0.2) is 17.0 Å². The van der Waals surface area contributed by atoms with Gasteiger partial charge in [-0.25, -0.2) is 9.78 Å². The topological polar surface area (TPSA) is 50.2 Å². The molecule has 0 spiro atoms. The van der Waals surface area contributed by atoms with Gasteiger partial charge in [-0.3, -0.25) is 0 Å². The molecule has 0 aliphatic rings. The Kier molecular flexibility index (Phi) is 2.14. The molecule has 3 nitrogen and oxygen atoms in total.